The van der Waals surface area contributed by atoms with Gasteiger partial charge in [-0.05, 0) is 36.8 Å². The first-order valence-electron chi connectivity index (χ1n) is 6.43. The summed E-state index contributed by atoms with van der Waals surface area (Å²) in [5, 5.41) is 6.16. The first-order chi connectivity index (χ1) is 9.25. The minimum absolute atomic E-state index is 0.150. The Hall–Kier alpha value is -1.69. The highest BCUT2D eigenvalue weighted by Gasteiger charge is 2.27. The first kappa shape index (κ1) is 12.3. The molecule has 100 valence electrons. The SMILES string of the molecule is Cc1ccsc1C(=O)N1CCC[C@@H](n2cncn2)C1. The smallest absolute Gasteiger partial charge is 0.264 e. The van der Waals surface area contributed by atoms with Crippen LogP contribution in [0.4, 0.5) is 0 Å². The monoisotopic (exact) mass is 276 g/mol. The molecule has 0 N–H and O–H groups in total. The zero-order chi connectivity index (χ0) is 13.2. The van der Waals surface area contributed by atoms with Crippen molar-refractivity contribution in [2.24, 2.45) is 0 Å². The Bertz CT molecular complexity index is 563. The molecule has 0 unspecified atom stereocenters. The Morgan fingerprint density at radius 1 is 1.53 bits per heavy atom. The highest BCUT2D eigenvalue weighted by Crippen LogP contribution is 2.24. The van der Waals surface area contributed by atoms with Gasteiger partial charge in [0.15, 0.2) is 0 Å². The van der Waals surface area contributed by atoms with Crippen LogP contribution in [0.3, 0.4) is 0 Å². The molecule has 2 aromatic rings. The molecule has 1 saturated heterocycles. The number of aryl methyl sites for hydroxylation is 1. The van der Waals surface area contributed by atoms with E-state index in [-0.39, 0.29) is 11.9 Å². The summed E-state index contributed by atoms with van der Waals surface area (Å²) in [6.07, 6.45) is 5.34. The lowest BCUT2D eigenvalue weighted by molar-refractivity contribution is 0.0677. The fourth-order valence-electron chi connectivity index (χ4n) is 2.50. The molecule has 3 rings (SSSR count). The van der Waals surface area contributed by atoms with Crippen LogP contribution in [0.2, 0.25) is 0 Å². The number of carbonyl (C=O) groups excluding carboxylic acids is 1. The maximum absolute atomic E-state index is 12.5. The van der Waals surface area contributed by atoms with Gasteiger partial charge in [-0.2, -0.15) is 5.10 Å². The minimum atomic E-state index is 0.150. The number of carbonyl (C=O) groups is 1. The Labute approximate surface area is 115 Å². The molecule has 0 radical (unpaired) electrons. The van der Waals surface area contributed by atoms with E-state index < -0.39 is 0 Å². The lowest BCUT2D eigenvalue weighted by Gasteiger charge is -2.32. The molecular weight excluding hydrogens is 260 g/mol. The van der Waals surface area contributed by atoms with E-state index in [2.05, 4.69) is 10.1 Å². The van der Waals surface area contributed by atoms with E-state index in [1.165, 1.54) is 11.3 Å². The van der Waals surface area contributed by atoms with Gasteiger partial charge in [0.1, 0.15) is 12.7 Å². The van der Waals surface area contributed by atoms with Crippen molar-refractivity contribution in [3.8, 4) is 0 Å². The Morgan fingerprint density at radius 2 is 2.42 bits per heavy atom. The maximum atomic E-state index is 12.5. The molecule has 2 aromatic heterocycles. The molecule has 0 bridgehead atoms. The highest BCUT2D eigenvalue weighted by atomic mass is 32.1. The first-order valence-corrected chi connectivity index (χ1v) is 7.31. The van der Waals surface area contributed by atoms with Gasteiger partial charge < -0.3 is 4.90 Å². The van der Waals surface area contributed by atoms with Crippen LogP contribution in [0.25, 0.3) is 0 Å². The molecule has 1 fully saturated rings. The van der Waals surface area contributed by atoms with E-state index in [9.17, 15) is 4.79 Å². The van der Waals surface area contributed by atoms with Gasteiger partial charge in [-0.25, -0.2) is 9.67 Å². The molecule has 1 aliphatic heterocycles. The molecule has 0 saturated carbocycles. The third-order valence-electron chi connectivity index (χ3n) is 3.55. The number of aromatic nitrogens is 3. The van der Waals surface area contributed by atoms with Crippen LogP contribution >= 0.6 is 11.3 Å². The number of likely N-dealkylation sites (tertiary alicyclic amines) is 1. The fraction of sp³-hybridized carbons (Fsp3) is 0.462. The molecule has 1 aliphatic rings. The van der Waals surface area contributed by atoms with Crippen LogP contribution in [0.15, 0.2) is 24.1 Å². The summed E-state index contributed by atoms with van der Waals surface area (Å²) in [5.74, 6) is 0.150. The zero-order valence-corrected chi connectivity index (χ0v) is 11.6. The highest BCUT2D eigenvalue weighted by molar-refractivity contribution is 7.12. The molecule has 6 heteroatoms. The predicted molar refractivity (Wildman–Crippen MR) is 73.3 cm³/mol. The number of hydrogen-bond donors (Lipinski definition) is 0. The molecule has 19 heavy (non-hydrogen) atoms. The third-order valence-corrected chi connectivity index (χ3v) is 4.56. The van der Waals surface area contributed by atoms with Crippen LogP contribution < -0.4 is 0 Å². The Balaban J connectivity index is 1.75. The van der Waals surface area contributed by atoms with Gasteiger partial charge in [-0.3, -0.25) is 4.79 Å². The minimum Gasteiger partial charge on any atom is -0.336 e. The molecule has 0 aromatic carbocycles. The summed E-state index contributed by atoms with van der Waals surface area (Å²) in [6.45, 7) is 3.55. The normalized spacial score (nSPS) is 19.6. The largest absolute Gasteiger partial charge is 0.336 e. The molecule has 5 nitrogen and oxygen atoms in total. The van der Waals surface area contributed by atoms with Crippen LogP contribution in [0, 0.1) is 6.92 Å². The molecule has 0 spiro atoms. The van der Waals surface area contributed by atoms with Gasteiger partial charge in [0.05, 0.1) is 10.9 Å². The van der Waals surface area contributed by atoms with Crippen molar-refractivity contribution >= 4 is 17.2 Å². The van der Waals surface area contributed by atoms with Crippen molar-refractivity contribution in [1.82, 2.24) is 19.7 Å². The number of hydrogen-bond acceptors (Lipinski definition) is 4. The summed E-state index contributed by atoms with van der Waals surface area (Å²) in [6, 6.07) is 2.25. The van der Waals surface area contributed by atoms with Gasteiger partial charge in [-0.1, -0.05) is 0 Å². The maximum Gasteiger partial charge on any atom is 0.264 e. The Kier molecular flexibility index (Phi) is 3.33. The number of rotatable bonds is 2. The van der Waals surface area contributed by atoms with Crippen LogP contribution in [0.5, 0.6) is 0 Å². The lowest BCUT2D eigenvalue weighted by atomic mass is 10.1. The van der Waals surface area contributed by atoms with Crippen LogP contribution in [-0.2, 0) is 0 Å². The topological polar surface area (TPSA) is 51.0 Å². The second kappa shape index (κ2) is 5.13. The second-order valence-electron chi connectivity index (χ2n) is 4.86. The van der Waals surface area contributed by atoms with E-state index in [0.29, 0.717) is 0 Å². The standard InChI is InChI=1S/C13H16N4OS/c1-10-4-6-19-12(10)13(18)16-5-2-3-11(7-16)17-9-14-8-15-17/h4,6,8-9,11H,2-3,5,7H2,1H3/t11-/m1/s1. The van der Waals surface area contributed by atoms with Gasteiger partial charge in [-0.15, -0.1) is 11.3 Å². The van der Waals surface area contributed by atoms with Gasteiger partial charge in [0.2, 0.25) is 0 Å². The van der Waals surface area contributed by atoms with Crippen molar-refractivity contribution in [3.05, 3.63) is 34.5 Å². The number of amides is 1. The third kappa shape index (κ3) is 2.40. The predicted octanol–water partition coefficient (Wildman–Crippen LogP) is 2.13. The molecule has 3 heterocycles. The fourth-order valence-corrected chi connectivity index (χ4v) is 3.39. The second-order valence-corrected chi connectivity index (χ2v) is 5.77. The molecule has 1 atom stereocenters. The van der Waals surface area contributed by atoms with Crippen molar-refractivity contribution in [2.45, 2.75) is 25.8 Å². The number of thiophene rings is 1. The van der Waals surface area contributed by atoms with E-state index >= 15 is 0 Å². The summed E-state index contributed by atoms with van der Waals surface area (Å²) in [7, 11) is 0. The molecule has 1 amide bonds. The van der Waals surface area contributed by atoms with E-state index in [1.807, 2.05) is 28.0 Å². The van der Waals surface area contributed by atoms with Gasteiger partial charge in [0.25, 0.3) is 5.91 Å². The summed E-state index contributed by atoms with van der Waals surface area (Å²) in [5.41, 5.74) is 1.07. The van der Waals surface area contributed by atoms with Crippen molar-refractivity contribution in [2.75, 3.05) is 13.1 Å². The van der Waals surface area contributed by atoms with Crippen molar-refractivity contribution in [1.29, 1.82) is 0 Å². The van der Waals surface area contributed by atoms with E-state index in [0.717, 1.165) is 36.4 Å². The average Bonchev–Trinajstić information content (AvgIpc) is 3.09. The van der Waals surface area contributed by atoms with Crippen molar-refractivity contribution < 1.29 is 4.79 Å². The van der Waals surface area contributed by atoms with Gasteiger partial charge in [0, 0.05) is 13.1 Å². The lowest BCUT2D eigenvalue weighted by Crippen LogP contribution is -2.40. The van der Waals surface area contributed by atoms with Gasteiger partial charge >= 0.3 is 0 Å². The van der Waals surface area contributed by atoms with E-state index in [4.69, 9.17) is 0 Å². The summed E-state index contributed by atoms with van der Waals surface area (Å²) in [4.78, 5) is 19.3. The number of nitrogens with zero attached hydrogens (tertiary/aromatic N) is 4. The summed E-state index contributed by atoms with van der Waals surface area (Å²) >= 11 is 1.52. The molecule has 0 aliphatic carbocycles. The van der Waals surface area contributed by atoms with Crippen molar-refractivity contribution in [3.63, 3.8) is 0 Å². The summed E-state index contributed by atoms with van der Waals surface area (Å²) < 4.78 is 1.86. The average molecular weight is 276 g/mol. The van der Waals surface area contributed by atoms with Crippen LogP contribution in [0.1, 0.15) is 34.1 Å². The molecular formula is C13H16N4OS. The van der Waals surface area contributed by atoms with E-state index in [1.54, 1.807) is 12.7 Å². The quantitative estimate of drug-likeness (QED) is 0.844. The van der Waals surface area contributed by atoms with Crippen LogP contribution in [-0.4, -0.2) is 38.7 Å². The zero-order valence-electron chi connectivity index (χ0n) is 10.8. The number of piperidine rings is 1. The Morgan fingerprint density at radius 3 is 3.11 bits per heavy atom.